The van der Waals surface area contributed by atoms with E-state index in [1.165, 1.54) is 32.1 Å². The van der Waals surface area contributed by atoms with Crippen LogP contribution in [0, 0.1) is 5.92 Å². The van der Waals surface area contributed by atoms with Gasteiger partial charge >= 0.3 is 0 Å². The Morgan fingerprint density at radius 3 is 2.50 bits per heavy atom. The first-order valence-electron chi connectivity index (χ1n) is 4.85. The van der Waals surface area contributed by atoms with Crippen LogP contribution in [0.1, 0.15) is 38.5 Å². The van der Waals surface area contributed by atoms with Gasteiger partial charge in [0.1, 0.15) is 0 Å². The number of aliphatic hydroxyl groups excluding tert-OH is 1. The maximum atomic E-state index is 8.76. The number of hydrogen-bond acceptors (Lipinski definition) is 3. The molecule has 3 heteroatoms. The van der Waals surface area contributed by atoms with E-state index in [4.69, 9.17) is 15.8 Å². The molecular formula is C9H19NO2. The monoisotopic (exact) mass is 173 g/mol. The van der Waals surface area contributed by atoms with Gasteiger partial charge < -0.3 is 9.94 Å². The lowest BCUT2D eigenvalue weighted by molar-refractivity contribution is -0.0149. The summed E-state index contributed by atoms with van der Waals surface area (Å²) < 4.78 is 0. The fraction of sp³-hybridized carbons (Fsp3) is 1.00. The Bertz CT molecular complexity index is 110. The van der Waals surface area contributed by atoms with Crippen LogP contribution in [0.15, 0.2) is 0 Å². The summed E-state index contributed by atoms with van der Waals surface area (Å²) in [6.07, 6.45) is 7.10. The highest BCUT2D eigenvalue weighted by molar-refractivity contribution is 4.73. The first-order valence-corrected chi connectivity index (χ1v) is 4.85. The number of nitrogens with two attached hydrogens (primary N) is 1. The fourth-order valence-corrected chi connectivity index (χ4v) is 2.05. The van der Waals surface area contributed by atoms with Crippen molar-refractivity contribution < 1.29 is 9.94 Å². The summed E-state index contributed by atoms with van der Waals surface area (Å²) in [5.74, 6) is 5.76. The van der Waals surface area contributed by atoms with Crippen molar-refractivity contribution in [3.63, 3.8) is 0 Å². The highest BCUT2D eigenvalue weighted by Crippen LogP contribution is 2.28. The third kappa shape index (κ3) is 2.73. The van der Waals surface area contributed by atoms with Crippen LogP contribution in [-0.4, -0.2) is 17.8 Å². The average molecular weight is 173 g/mol. The Hall–Kier alpha value is -0.120. The summed E-state index contributed by atoms with van der Waals surface area (Å²) in [7, 11) is 0. The summed E-state index contributed by atoms with van der Waals surface area (Å²) in [5, 5.41) is 8.76. The van der Waals surface area contributed by atoms with Crippen molar-refractivity contribution >= 4 is 0 Å². The Labute approximate surface area is 73.9 Å². The zero-order valence-corrected chi connectivity index (χ0v) is 7.54. The van der Waals surface area contributed by atoms with E-state index in [2.05, 4.69) is 0 Å². The Morgan fingerprint density at radius 2 is 2.00 bits per heavy atom. The Morgan fingerprint density at radius 1 is 1.33 bits per heavy atom. The SMILES string of the molecule is NOC(CCO)C1CCCCC1. The first kappa shape index (κ1) is 9.96. The highest BCUT2D eigenvalue weighted by atomic mass is 16.6. The molecule has 1 aliphatic carbocycles. The van der Waals surface area contributed by atoms with E-state index < -0.39 is 0 Å². The summed E-state index contributed by atoms with van der Waals surface area (Å²) in [4.78, 5) is 4.87. The molecular weight excluding hydrogens is 154 g/mol. The molecule has 0 aromatic heterocycles. The Kier molecular flexibility index (Phi) is 4.58. The van der Waals surface area contributed by atoms with Gasteiger partial charge in [0.05, 0.1) is 6.10 Å². The lowest BCUT2D eigenvalue weighted by Crippen LogP contribution is -2.29. The van der Waals surface area contributed by atoms with E-state index in [0.29, 0.717) is 12.3 Å². The molecule has 0 spiro atoms. The van der Waals surface area contributed by atoms with Crippen molar-refractivity contribution in [1.82, 2.24) is 0 Å². The second-order valence-electron chi connectivity index (χ2n) is 3.58. The zero-order valence-electron chi connectivity index (χ0n) is 7.54. The second-order valence-corrected chi connectivity index (χ2v) is 3.58. The molecule has 0 bridgehead atoms. The van der Waals surface area contributed by atoms with E-state index in [1.54, 1.807) is 0 Å². The van der Waals surface area contributed by atoms with Crippen LogP contribution in [-0.2, 0) is 4.84 Å². The van der Waals surface area contributed by atoms with Crippen molar-refractivity contribution in [2.75, 3.05) is 6.61 Å². The average Bonchev–Trinajstić information content (AvgIpc) is 2.15. The van der Waals surface area contributed by atoms with Crippen LogP contribution >= 0.6 is 0 Å². The van der Waals surface area contributed by atoms with Crippen LogP contribution in [0.2, 0.25) is 0 Å². The summed E-state index contributed by atoms with van der Waals surface area (Å²) >= 11 is 0. The topological polar surface area (TPSA) is 55.5 Å². The quantitative estimate of drug-likeness (QED) is 0.628. The van der Waals surface area contributed by atoms with E-state index in [9.17, 15) is 0 Å². The van der Waals surface area contributed by atoms with Gasteiger partial charge in [0.2, 0.25) is 0 Å². The molecule has 0 aromatic carbocycles. The summed E-state index contributed by atoms with van der Waals surface area (Å²) in [5.41, 5.74) is 0. The van der Waals surface area contributed by atoms with Gasteiger partial charge in [0.25, 0.3) is 0 Å². The first-order chi connectivity index (χ1) is 5.88. The van der Waals surface area contributed by atoms with Crippen LogP contribution in [0.3, 0.4) is 0 Å². The molecule has 3 N–H and O–H groups in total. The minimum Gasteiger partial charge on any atom is -0.396 e. The lowest BCUT2D eigenvalue weighted by atomic mass is 9.84. The van der Waals surface area contributed by atoms with Gasteiger partial charge in [-0.25, -0.2) is 5.90 Å². The van der Waals surface area contributed by atoms with Gasteiger partial charge in [0, 0.05) is 6.61 Å². The van der Waals surface area contributed by atoms with E-state index in [0.717, 1.165) is 0 Å². The highest BCUT2D eigenvalue weighted by Gasteiger charge is 2.23. The third-order valence-corrected chi connectivity index (χ3v) is 2.76. The molecule has 3 nitrogen and oxygen atoms in total. The van der Waals surface area contributed by atoms with Crippen molar-refractivity contribution in [2.45, 2.75) is 44.6 Å². The van der Waals surface area contributed by atoms with Gasteiger partial charge in [-0.05, 0) is 25.2 Å². The minimum atomic E-state index is 0.0790. The van der Waals surface area contributed by atoms with E-state index >= 15 is 0 Å². The maximum Gasteiger partial charge on any atom is 0.0837 e. The van der Waals surface area contributed by atoms with Crippen LogP contribution in [0.5, 0.6) is 0 Å². The van der Waals surface area contributed by atoms with Crippen molar-refractivity contribution in [2.24, 2.45) is 11.8 Å². The van der Waals surface area contributed by atoms with Crippen LogP contribution < -0.4 is 5.90 Å². The molecule has 0 aliphatic heterocycles. The molecule has 0 amide bonds. The molecule has 0 radical (unpaired) electrons. The molecule has 12 heavy (non-hydrogen) atoms. The molecule has 1 unspecified atom stereocenters. The fourth-order valence-electron chi connectivity index (χ4n) is 2.05. The van der Waals surface area contributed by atoms with Crippen LogP contribution in [0.25, 0.3) is 0 Å². The molecule has 0 aromatic rings. The standard InChI is InChI=1S/C9H19NO2/c10-12-9(6-7-11)8-4-2-1-3-5-8/h8-9,11H,1-7,10H2. The molecule has 0 heterocycles. The Balaban J connectivity index is 2.29. The molecule has 1 saturated carbocycles. The smallest absolute Gasteiger partial charge is 0.0837 e. The molecule has 1 rings (SSSR count). The predicted octanol–water partition coefficient (Wildman–Crippen LogP) is 1.21. The van der Waals surface area contributed by atoms with Gasteiger partial charge in [0.15, 0.2) is 0 Å². The molecule has 1 atom stereocenters. The summed E-state index contributed by atoms with van der Waals surface area (Å²) in [6.45, 7) is 0.179. The molecule has 1 fully saturated rings. The van der Waals surface area contributed by atoms with Crippen LogP contribution in [0.4, 0.5) is 0 Å². The molecule has 1 aliphatic rings. The van der Waals surface area contributed by atoms with Gasteiger partial charge in [-0.2, -0.15) is 0 Å². The molecule has 72 valence electrons. The number of aliphatic hydroxyl groups is 1. The van der Waals surface area contributed by atoms with Gasteiger partial charge in [-0.1, -0.05) is 19.3 Å². The number of hydrogen-bond donors (Lipinski definition) is 2. The molecule has 0 saturated heterocycles. The van der Waals surface area contributed by atoms with Crippen molar-refractivity contribution in [3.05, 3.63) is 0 Å². The second kappa shape index (κ2) is 5.51. The van der Waals surface area contributed by atoms with Gasteiger partial charge in [-0.3, -0.25) is 0 Å². The van der Waals surface area contributed by atoms with Crippen molar-refractivity contribution in [1.29, 1.82) is 0 Å². The van der Waals surface area contributed by atoms with Gasteiger partial charge in [-0.15, -0.1) is 0 Å². The zero-order chi connectivity index (χ0) is 8.81. The maximum absolute atomic E-state index is 8.76. The van der Waals surface area contributed by atoms with E-state index in [-0.39, 0.29) is 12.7 Å². The van der Waals surface area contributed by atoms with E-state index in [1.807, 2.05) is 0 Å². The predicted molar refractivity (Wildman–Crippen MR) is 47.3 cm³/mol. The summed E-state index contributed by atoms with van der Waals surface area (Å²) in [6, 6.07) is 0. The largest absolute Gasteiger partial charge is 0.396 e. The normalized spacial score (nSPS) is 22.5. The number of rotatable bonds is 4. The lowest BCUT2D eigenvalue weighted by Gasteiger charge is -2.27. The third-order valence-electron chi connectivity index (χ3n) is 2.76. The minimum absolute atomic E-state index is 0.0790. The van der Waals surface area contributed by atoms with Crippen molar-refractivity contribution in [3.8, 4) is 0 Å².